The molecule has 0 aromatic heterocycles. The maximum Gasteiger partial charge on any atom is 0.240 e. The first-order valence-corrected chi connectivity index (χ1v) is 11.1. The molecule has 2 aromatic rings. The predicted molar refractivity (Wildman–Crippen MR) is 125 cm³/mol. The third-order valence-electron chi connectivity index (χ3n) is 6.03. The molecule has 2 aromatic carbocycles. The van der Waals surface area contributed by atoms with Gasteiger partial charge in [-0.05, 0) is 37.7 Å². The first-order chi connectivity index (χ1) is 15.2. The van der Waals surface area contributed by atoms with Crippen molar-refractivity contribution in [2.45, 2.75) is 24.7 Å². The molecular formula is C25H30ClN3O3. The molecule has 0 spiro atoms. The monoisotopic (exact) mass is 455 g/mol. The van der Waals surface area contributed by atoms with E-state index in [9.17, 15) is 14.4 Å². The summed E-state index contributed by atoms with van der Waals surface area (Å²) >= 11 is 6.47. The molecule has 0 saturated carbocycles. The molecular weight excluding hydrogens is 426 g/mol. The lowest BCUT2D eigenvalue weighted by molar-refractivity contribution is -0.142. The number of amides is 3. The van der Waals surface area contributed by atoms with Crippen molar-refractivity contribution < 1.29 is 14.4 Å². The zero-order valence-electron chi connectivity index (χ0n) is 18.9. The molecule has 0 N–H and O–H groups in total. The van der Waals surface area contributed by atoms with Gasteiger partial charge in [-0.25, -0.2) is 0 Å². The van der Waals surface area contributed by atoms with Gasteiger partial charge in [0, 0.05) is 44.5 Å². The molecule has 0 bridgehead atoms. The van der Waals surface area contributed by atoms with Crippen molar-refractivity contribution in [2.75, 3.05) is 40.8 Å². The molecule has 1 atom stereocenters. The van der Waals surface area contributed by atoms with Gasteiger partial charge in [0.05, 0.1) is 5.41 Å². The highest BCUT2D eigenvalue weighted by Crippen LogP contribution is 2.43. The molecule has 7 heteroatoms. The molecule has 1 aliphatic rings. The van der Waals surface area contributed by atoms with E-state index in [4.69, 9.17) is 11.6 Å². The number of imide groups is 1. The van der Waals surface area contributed by atoms with Gasteiger partial charge in [-0.2, -0.15) is 0 Å². The van der Waals surface area contributed by atoms with Gasteiger partial charge in [0.15, 0.2) is 0 Å². The molecule has 1 heterocycles. The van der Waals surface area contributed by atoms with Crippen LogP contribution < -0.4 is 0 Å². The fourth-order valence-electron chi connectivity index (χ4n) is 4.08. The highest BCUT2D eigenvalue weighted by atomic mass is 35.5. The van der Waals surface area contributed by atoms with Crippen LogP contribution in [-0.4, -0.2) is 73.2 Å². The first-order valence-electron chi connectivity index (χ1n) is 10.8. The van der Waals surface area contributed by atoms with Gasteiger partial charge in [0.1, 0.15) is 0 Å². The second-order valence-electron chi connectivity index (χ2n) is 8.62. The van der Waals surface area contributed by atoms with Crippen LogP contribution in [0, 0.1) is 0 Å². The van der Waals surface area contributed by atoms with E-state index in [2.05, 4.69) is 0 Å². The molecule has 1 aliphatic heterocycles. The lowest BCUT2D eigenvalue weighted by Crippen LogP contribution is -2.44. The molecule has 3 rings (SSSR count). The standard InChI is InChI=1S/C25H30ClN3O3/c1-27(2)15-16-29-23(31)18-25(24(29)32,20-11-7-8-12-21(20)26)17-22(30)28(3)14-13-19-9-5-4-6-10-19/h4-12H,13-18H2,1-3H3/t25-/m1/s1. The summed E-state index contributed by atoms with van der Waals surface area (Å²) in [7, 11) is 5.51. The summed E-state index contributed by atoms with van der Waals surface area (Å²) in [6.07, 6.45) is 0.566. The summed E-state index contributed by atoms with van der Waals surface area (Å²) in [6, 6.07) is 16.9. The van der Waals surface area contributed by atoms with E-state index in [1.54, 1.807) is 36.2 Å². The van der Waals surface area contributed by atoms with E-state index in [-0.39, 0.29) is 37.1 Å². The number of hydrogen-bond acceptors (Lipinski definition) is 4. The summed E-state index contributed by atoms with van der Waals surface area (Å²) in [5.74, 6) is -0.796. The van der Waals surface area contributed by atoms with Gasteiger partial charge in [0.25, 0.3) is 0 Å². The Morgan fingerprint density at radius 2 is 1.66 bits per heavy atom. The Hall–Kier alpha value is -2.70. The number of nitrogens with zero attached hydrogens (tertiary/aromatic N) is 3. The molecule has 0 aliphatic carbocycles. The topological polar surface area (TPSA) is 60.9 Å². The third-order valence-corrected chi connectivity index (χ3v) is 6.36. The number of likely N-dealkylation sites (tertiary alicyclic amines) is 1. The van der Waals surface area contributed by atoms with Crippen LogP contribution in [0.5, 0.6) is 0 Å². The minimum Gasteiger partial charge on any atom is -0.345 e. The highest BCUT2D eigenvalue weighted by molar-refractivity contribution is 6.32. The Morgan fingerprint density at radius 3 is 2.31 bits per heavy atom. The molecule has 1 fully saturated rings. The average Bonchev–Trinajstić information content (AvgIpc) is 3.01. The Labute approximate surface area is 194 Å². The van der Waals surface area contributed by atoms with Crippen molar-refractivity contribution in [3.8, 4) is 0 Å². The minimum atomic E-state index is -1.28. The van der Waals surface area contributed by atoms with Gasteiger partial charge in [-0.3, -0.25) is 19.3 Å². The number of carbonyl (C=O) groups excluding carboxylic acids is 3. The van der Waals surface area contributed by atoms with Crippen molar-refractivity contribution in [2.24, 2.45) is 0 Å². The summed E-state index contributed by atoms with van der Waals surface area (Å²) < 4.78 is 0. The van der Waals surface area contributed by atoms with E-state index in [0.29, 0.717) is 30.1 Å². The second kappa shape index (κ2) is 10.3. The molecule has 32 heavy (non-hydrogen) atoms. The largest absolute Gasteiger partial charge is 0.345 e. The fraction of sp³-hybridized carbons (Fsp3) is 0.400. The maximum atomic E-state index is 13.6. The van der Waals surface area contributed by atoms with E-state index in [0.717, 1.165) is 5.56 Å². The Morgan fingerprint density at radius 1 is 1.00 bits per heavy atom. The minimum absolute atomic E-state index is 0.0543. The van der Waals surface area contributed by atoms with E-state index in [1.165, 1.54) is 4.90 Å². The average molecular weight is 456 g/mol. The number of rotatable bonds is 9. The van der Waals surface area contributed by atoms with Crippen LogP contribution in [0.25, 0.3) is 0 Å². The van der Waals surface area contributed by atoms with Gasteiger partial charge in [0.2, 0.25) is 17.7 Å². The van der Waals surface area contributed by atoms with Crippen LogP contribution >= 0.6 is 11.6 Å². The molecule has 6 nitrogen and oxygen atoms in total. The third kappa shape index (κ3) is 5.19. The summed E-state index contributed by atoms with van der Waals surface area (Å²) in [5.41, 5.74) is 0.395. The number of carbonyl (C=O) groups is 3. The summed E-state index contributed by atoms with van der Waals surface area (Å²) in [5, 5.41) is 0.392. The van der Waals surface area contributed by atoms with Crippen molar-refractivity contribution in [1.29, 1.82) is 0 Å². The smallest absolute Gasteiger partial charge is 0.240 e. The van der Waals surface area contributed by atoms with Crippen molar-refractivity contribution >= 4 is 29.3 Å². The quantitative estimate of drug-likeness (QED) is 0.545. The zero-order chi connectivity index (χ0) is 23.3. The van der Waals surface area contributed by atoms with Crippen LogP contribution in [0.4, 0.5) is 0 Å². The van der Waals surface area contributed by atoms with Crippen molar-refractivity contribution in [3.63, 3.8) is 0 Å². The SMILES string of the molecule is CN(C)CCN1C(=O)C[C@](CC(=O)N(C)CCc2ccccc2)(c2ccccc2Cl)C1=O. The normalized spacial score (nSPS) is 18.5. The molecule has 170 valence electrons. The number of hydrogen-bond donors (Lipinski definition) is 0. The Kier molecular flexibility index (Phi) is 7.69. The van der Waals surface area contributed by atoms with Gasteiger partial charge >= 0.3 is 0 Å². The second-order valence-corrected chi connectivity index (χ2v) is 9.03. The van der Waals surface area contributed by atoms with Crippen LogP contribution in [0.3, 0.4) is 0 Å². The number of likely N-dealkylation sites (N-methyl/N-ethyl adjacent to an activating group) is 2. The van der Waals surface area contributed by atoms with E-state index < -0.39 is 5.41 Å². The predicted octanol–water partition coefficient (Wildman–Crippen LogP) is 2.99. The van der Waals surface area contributed by atoms with Gasteiger partial charge < -0.3 is 9.80 Å². The van der Waals surface area contributed by atoms with Crippen LogP contribution in [0.2, 0.25) is 5.02 Å². The fourth-order valence-corrected chi connectivity index (χ4v) is 4.40. The number of benzene rings is 2. The molecule has 1 saturated heterocycles. The summed E-state index contributed by atoms with van der Waals surface area (Å²) in [6.45, 7) is 1.36. The lowest BCUT2D eigenvalue weighted by atomic mass is 9.75. The number of halogens is 1. The van der Waals surface area contributed by atoms with Crippen LogP contribution in [-0.2, 0) is 26.2 Å². The van der Waals surface area contributed by atoms with Crippen molar-refractivity contribution in [1.82, 2.24) is 14.7 Å². The Bertz CT molecular complexity index is 979. The van der Waals surface area contributed by atoms with E-state index in [1.807, 2.05) is 49.3 Å². The molecule has 3 amide bonds. The van der Waals surface area contributed by atoms with Gasteiger partial charge in [-0.15, -0.1) is 0 Å². The van der Waals surface area contributed by atoms with Crippen LogP contribution in [0.15, 0.2) is 54.6 Å². The molecule has 0 unspecified atom stereocenters. The Balaban J connectivity index is 1.84. The van der Waals surface area contributed by atoms with Crippen molar-refractivity contribution in [3.05, 3.63) is 70.7 Å². The first kappa shape index (κ1) is 24.0. The van der Waals surface area contributed by atoms with Gasteiger partial charge in [-0.1, -0.05) is 60.1 Å². The molecule has 0 radical (unpaired) electrons. The highest BCUT2D eigenvalue weighted by Gasteiger charge is 2.54. The maximum absolute atomic E-state index is 13.6. The summed E-state index contributed by atoms with van der Waals surface area (Å²) in [4.78, 5) is 44.5. The lowest BCUT2D eigenvalue weighted by Gasteiger charge is -2.30. The van der Waals surface area contributed by atoms with Crippen LogP contribution in [0.1, 0.15) is 24.0 Å². The zero-order valence-corrected chi connectivity index (χ0v) is 19.6. The van der Waals surface area contributed by atoms with E-state index >= 15 is 0 Å².